The molecule has 1 heterocycles. The molecule has 1 amide bonds. The van der Waals surface area contributed by atoms with Crippen molar-refractivity contribution in [1.29, 1.82) is 0 Å². The Bertz CT molecular complexity index is 1590. The molecule has 0 fully saturated rings. The molecule has 0 saturated heterocycles. The number of nitrogens with one attached hydrogen (secondary N) is 1. The molecule has 0 radical (unpaired) electrons. The van der Waals surface area contributed by atoms with E-state index in [0.717, 1.165) is 9.15 Å². The summed E-state index contributed by atoms with van der Waals surface area (Å²) in [5.74, 6) is -0.722. The third-order valence-corrected chi connectivity index (χ3v) is 5.67. The van der Waals surface area contributed by atoms with Crippen molar-refractivity contribution in [3.63, 3.8) is 0 Å². The van der Waals surface area contributed by atoms with E-state index in [1.807, 2.05) is 6.92 Å². The van der Waals surface area contributed by atoms with Gasteiger partial charge in [-0.05, 0) is 54.6 Å². The molecule has 188 valence electrons. The van der Waals surface area contributed by atoms with E-state index in [1.165, 1.54) is 48.7 Å². The highest BCUT2D eigenvalue weighted by molar-refractivity contribution is 9.10. The summed E-state index contributed by atoms with van der Waals surface area (Å²) in [6, 6.07) is 14.4. The molecular formula is C25H19BrFN5O5. The summed E-state index contributed by atoms with van der Waals surface area (Å²) in [5, 5.41) is 18.7. The van der Waals surface area contributed by atoms with Gasteiger partial charge in [0.25, 0.3) is 11.5 Å². The second kappa shape index (κ2) is 11.1. The van der Waals surface area contributed by atoms with Gasteiger partial charge >= 0.3 is 5.69 Å². The van der Waals surface area contributed by atoms with Crippen molar-refractivity contribution in [3.05, 3.63) is 103 Å². The first-order valence-electron chi connectivity index (χ1n) is 11.0. The summed E-state index contributed by atoms with van der Waals surface area (Å²) in [5.41, 5.74) is 0.465. The van der Waals surface area contributed by atoms with Gasteiger partial charge < -0.3 is 10.1 Å². The summed E-state index contributed by atoms with van der Waals surface area (Å²) in [4.78, 5) is 40.6. The van der Waals surface area contributed by atoms with Gasteiger partial charge in [-0.3, -0.25) is 19.7 Å². The number of fused-ring (bicyclic) bond motifs is 1. The number of halogens is 2. The van der Waals surface area contributed by atoms with E-state index in [2.05, 4.69) is 31.3 Å². The number of carbonyl (C=O) groups excluding carboxylic acids is 1. The standard InChI is InChI=1S/C25H19BrFN5O5/c1-2-23-30-20-9-4-16(26)12-19(20)25(34)31(23)28-13-15-3-10-22(21(11-15)32(35)36)37-14-24(33)29-18-7-5-17(27)6-8-18/h3-13H,2,14H2,1H3,(H,29,33). The number of benzene rings is 3. The Morgan fingerprint density at radius 3 is 2.68 bits per heavy atom. The number of nitro benzene ring substituents is 1. The van der Waals surface area contributed by atoms with Crippen molar-refractivity contribution < 1.29 is 18.8 Å². The Kier molecular flexibility index (Phi) is 7.68. The van der Waals surface area contributed by atoms with Gasteiger partial charge in [0, 0.05) is 28.2 Å². The first-order valence-corrected chi connectivity index (χ1v) is 11.8. The van der Waals surface area contributed by atoms with Gasteiger partial charge in [-0.15, -0.1) is 0 Å². The molecule has 0 aliphatic carbocycles. The zero-order valence-corrected chi connectivity index (χ0v) is 20.9. The van der Waals surface area contributed by atoms with Gasteiger partial charge in [-0.1, -0.05) is 22.9 Å². The number of aryl methyl sites for hydroxylation is 1. The molecule has 1 N–H and O–H groups in total. The van der Waals surface area contributed by atoms with E-state index in [1.54, 1.807) is 18.2 Å². The van der Waals surface area contributed by atoms with Crippen LogP contribution in [0.5, 0.6) is 5.75 Å². The maximum absolute atomic E-state index is 13.0. The molecule has 1 aromatic heterocycles. The van der Waals surface area contributed by atoms with E-state index in [-0.39, 0.29) is 17.0 Å². The summed E-state index contributed by atoms with van der Waals surface area (Å²) in [7, 11) is 0. The summed E-state index contributed by atoms with van der Waals surface area (Å²) in [6.45, 7) is 1.33. The largest absolute Gasteiger partial charge is 0.477 e. The molecule has 4 aromatic rings. The molecule has 0 spiro atoms. The van der Waals surface area contributed by atoms with Crippen molar-refractivity contribution >= 4 is 50.3 Å². The summed E-state index contributed by atoms with van der Waals surface area (Å²) < 4.78 is 20.2. The number of anilines is 1. The van der Waals surface area contributed by atoms with Crippen LogP contribution >= 0.6 is 15.9 Å². The molecule has 10 nitrogen and oxygen atoms in total. The molecule has 12 heteroatoms. The van der Waals surface area contributed by atoms with Crippen molar-refractivity contribution in [2.75, 3.05) is 11.9 Å². The summed E-state index contributed by atoms with van der Waals surface area (Å²) in [6.07, 6.45) is 1.75. The number of carbonyl (C=O) groups is 1. The number of rotatable bonds is 8. The minimum Gasteiger partial charge on any atom is -0.477 e. The van der Waals surface area contributed by atoms with E-state index in [0.29, 0.717) is 34.4 Å². The van der Waals surface area contributed by atoms with Crippen LogP contribution in [-0.2, 0) is 11.2 Å². The predicted molar refractivity (Wildman–Crippen MR) is 140 cm³/mol. The van der Waals surface area contributed by atoms with Crippen molar-refractivity contribution in [1.82, 2.24) is 9.66 Å². The molecule has 0 atom stereocenters. The molecule has 37 heavy (non-hydrogen) atoms. The lowest BCUT2D eigenvalue weighted by atomic mass is 10.2. The number of hydrogen-bond donors (Lipinski definition) is 1. The molecule has 0 unspecified atom stereocenters. The number of amides is 1. The van der Waals surface area contributed by atoms with Crippen LogP contribution in [0.4, 0.5) is 15.8 Å². The van der Waals surface area contributed by atoms with Gasteiger partial charge in [0.05, 0.1) is 22.0 Å². The molecule has 3 aromatic carbocycles. The lowest BCUT2D eigenvalue weighted by molar-refractivity contribution is -0.385. The van der Waals surface area contributed by atoms with Crippen LogP contribution < -0.4 is 15.6 Å². The van der Waals surface area contributed by atoms with E-state index in [4.69, 9.17) is 4.74 Å². The fourth-order valence-corrected chi connectivity index (χ4v) is 3.78. The lowest BCUT2D eigenvalue weighted by Crippen LogP contribution is -2.22. The first kappa shape index (κ1) is 25.6. The third-order valence-electron chi connectivity index (χ3n) is 5.18. The number of hydrogen-bond acceptors (Lipinski definition) is 7. The van der Waals surface area contributed by atoms with Gasteiger partial charge in [0.2, 0.25) is 0 Å². The van der Waals surface area contributed by atoms with Gasteiger partial charge in [0.1, 0.15) is 11.6 Å². The van der Waals surface area contributed by atoms with Crippen molar-refractivity contribution in [3.8, 4) is 5.75 Å². The topological polar surface area (TPSA) is 129 Å². The second-order valence-corrected chi connectivity index (χ2v) is 8.65. The van der Waals surface area contributed by atoms with Gasteiger partial charge in [0.15, 0.2) is 12.4 Å². The average molecular weight is 568 g/mol. The number of nitrogens with zero attached hydrogens (tertiary/aromatic N) is 4. The average Bonchev–Trinajstić information content (AvgIpc) is 2.88. The van der Waals surface area contributed by atoms with Crippen LogP contribution in [0.15, 0.2) is 75.0 Å². The zero-order valence-electron chi connectivity index (χ0n) is 19.4. The molecule has 0 bridgehead atoms. The Morgan fingerprint density at radius 2 is 1.97 bits per heavy atom. The maximum Gasteiger partial charge on any atom is 0.311 e. The van der Waals surface area contributed by atoms with Crippen LogP contribution in [0.3, 0.4) is 0 Å². The highest BCUT2D eigenvalue weighted by Gasteiger charge is 2.17. The Balaban J connectivity index is 1.55. The van der Waals surface area contributed by atoms with Gasteiger partial charge in [-0.2, -0.15) is 9.78 Å². The maximum atomic E-state index is 13.0. The van der Waals surface area contributed by atoms with E-state index < -0.39 is 23.3 Å². The fourth-order valence-electron chi connectivity index (χ4n) is 3.42. The number of aromatic nitrogens is 2. The van der Waals surface area contributed by atoms with Crippen molar-refractivity contribution in [2.45, 2.75) is 13.3 Å². The number of ether oxygens (including phenoxy) is 1. The van der Waals surface area contributed by atoms with E-state index >= 15 is 0 Å². The molecular weight excluding hydrogens is 549 g/mol. The van der Waals surface area contributed by atoms with Crippen LogP contribution in [-0.4, -0.2) is 33.3 Å². The Hall–Kier alpha value is -4.45. The number of nitro groups is 1. The minimum absolute atomic E-state index is 0.125. The molecule has 4 rings (SSSR count). The SMILES string of the molecule is CCc1nc2ccc(Br)cc2c(=O)n1N=Cc1ccc(OCC(=O)Nc2ccc(F)cc2)c([N+](=O)[O-])c1. The highest BCUT2D eigenvalue weighted by Crippen LogP contribution is 2.27. The monoisotopic (exact) mass is 567 g/mol. The van der Waals surface area contributed by atoms with E-state index in [9.17, 15) is 24.1 Å². The smallest absolute Gasteiger partial charge is 0.311 e. The van der Waals surface area contributed by atoms with Crippen molar-refractivity contribution in [2.24, 2.45) is 5.10 Å². The molecule has 0 aliphatic rings. The second-order valence-electron chi connectivity index (χ2n) is 7.73. The third kappa shape index (κ3) is 6.04. The summed E-state index contributed by atoms with van der Waals surface area (Å²) >= 11 is 3.34. The Morgan fingerprint density at radius 1 is 1.22 bits per heavy atom. The Labute approximate surface area is 217 Å². The van der Waals surface area contributed by atoms with Crippen LogP contribution in [0.25, 0.3) is 10.9 Å². The van der Waals surface area contributed by atoms with Crippen LogP contribution in [0.2, 0.25) is 0 Å². The molecule has 0 aliphatic heterocycles. The fraction of sp³-hybridized carbons (Fsp3) is 0.120. The molecule has 0 saturated carbocycles. The minimum atomic E-state index is -0.650. The highest BCUT2D eigenvalue weighted by atomic mass is 79.9. The zero-order chi connectivity index (χ0) is 26.5. The lowest BCUT2D eigenvalue weighted by Gasteiger charge is -2.09. The first-order chi connectivity index (χ1) is 17.7. The van der Waals surface area contributed by atoms with Crippen LogP contribution in [0.1, 0.15) is 18.3 Å². The predicted octanol–water partition coefficient (Wildman–Crippen LogP) is 4.67. The van der Waals surface area contributed by atoms with Crippen LogP contribution in [0, 0.1) is 15.9 Å². The quantitative estimate of drug-likeness (QED) is 0.187. The van der Waals surface area contributed by atoms with Gasteiger partial charge in [-0.25, -0.2) is 9.37 Å². The normalized spacial score (nSPS) is 11.1.